The van der Waals surface area contributed by atoms with Crippen LogP contribution in [0.5, 0.6) is 0 Å². The van der Waals surface area contributed by atoms with E-state index in [-0.39, 0.29) is 17.7 Å². The Balaban J connectivity index is 1.65. The molecule has 1 saturated heterocycles. The second kappa shape index (κ2) is 6.14. The Bertz CT molecular complexity index is 836. The fourth-order valence-electron chi connectivity index (χ4n) is 3.15. The van der Waals surface area contributed by atoms with E-state index in [1.165, 1.54) is 0 Å². The molecular formula is C19H16N2O4. The summed E-state index contributed by atoms with van der Waals surface area (Å²) in [6, 6.07) is 13.4. The molecule has 126 valence electrons. The molecule has 1 fully saturated rings. The van der Waals surface area contributed by atoms with Crippen molar-refractivity contribution in [1.82, 2.24) is 4.90 Å². The lowest BCUT2D eigenvalue weighted by Gasteiger charge is -2.27. The van der Waals surface area contributed by atoms with Gasteiger partial charge in [-0.05, 0) is 30.3 Å². The average molecular weight is 336 g/mol. The number of morpholine rings is 1. The van der Waals surface area contributed by atoms with Gasteiger partial charge in [-0.25, -0.2) is 4.90 Å². The summed E-state index contributed by atoms with van der Waals surface area (Å²) in [6.07, 6.45) is 0. The Morgan fingerprint density at radius 2 is 1.52 bits per heavy atom. The molecule has 6 heteroatoms. The highest BCUT2D eigenvalue weighted by Gasteiger charge is 2.36. The highest BCUT2D eigenvalue weighted by atomic mass is 16.5. The summed E-state index contributed by atoms with van der Waals surface area (Å²) in [5, 5.41) is 0. The summed E-state index contributed by atoms with van der Waals surface area (Å²) >= 11 is 0. The maximum absolute atomic E-state index is 12.6. The molecule has 2 aromatic carbocycles. The molecule has 0 spiro atoms. The molecule has 4 rings (SSSR count). The van der Waals surface area contributed by atoms with E-state index in [0.717, 1.165) is 4.90 Å². The fourth-order valence-corrected chi connectivity index (χ4v) is 3.15. The molecule has 3 amide bonds. The van der Waals surface area contributed by atoms with Crippen LogP contribution in [-0.2, 0) is 4.74 Å². The van der Waals surface area contributed by atoms with Gasteiger partial charge in [-0.15, -0.1) is 0 Å². The number of ether oxygens (including phenoxy) is 1. The molecule has 25 heavy (non-hydrogen) atoms. The summed E-state index contributed by atoms with van der Waals surface area (Å²) in [6.45, 7) is 2.11. The topological polar surface area (TPSA) is 66.9 Å². The number of carbonyl (C=O) groups is 3. The number of carbonyl (C=O) groups excluding carboxylic acids is 3. The summed E-state index contributed by atoms with van der Waals surface area (Å²) in [7, 11) is 0. The third-order valence-corrected chi connectivity index (χ3v) is 4.44. The van der Waals surface area contributed by atoms with E-state index in [0.29, 0.717) is 48.7 Å². The monoisotopic (exact) mass is 336 g/mol. The fraction of sp³-hybridized carbons (Fsp3) is 0.211. The summed E-state index contributed by atoms with van der Waals surface area (Å²) in [4.78, 5) is 40.6. The normalized spacial score (nSPS) is 17.0. The number of rotatable bonds is 2. The highest BCUT2D eigenvalue weighted by molar-refractivity contribution is 6.34. The number of benzene rings is 2. The number of anilines is 1. The predicted molar refractivity (Wildman–Crippen MR) is 90.7 cm³/mol. The zero-order valence-corrected chi connectivity index (χ0v) is 13.5. The molecule has 2 aromatic rings. The lowest BCUT2D eigenvalue weighted by Crippen LogP contribution is -2.40. The number of nitrogens with zero attached hydrogens (tertiary/aromatic N) is 2. The Morgan fingerprint density at radius 3 is 2.16 bits per heavy atom. The van der Waals surface area contributed by atoms with Gasteiger partial charge in [-0.1, -0.05) is 18.2 Å². The molecular weight excluding hydrogens is 320 g/mol. The van der Waals surface area contributed by atoms with Crippen molar-refractivity contribution in [2.75, 3.05) is 31.2 Å². The van der Waals surface area contributed by atoms with Gasteiger partial charge in [0.25, 0.3) is 17.7 Å². The number of imide groups is 1. The van der Waals surface area contributed by atoms with E-state index in [4.69, 9.17) is 4.74 Å². The van der Waals surface area contributed by atoms with Crippen molar-refractivity contribution >= 4 is 23.4 Å². The standard InChI is InChI=1S/C19H16N2O4/c22-17(20-8-10-25-11-9-20)13-4-3-5-14(12-13)21-18(23)15-6-1-2-7-16(15)19(21)24/h1-7,12H,8-11H2. The maximum Gasteiger partial charge on any atom is 0.266 e. The Morgan fingerprint density at radius 1 is 0.880 bits per heavy atom. The zero-order valence-electron chi connectivity index (χ0n) is 13.5. The van der Waals surface area contributed by atoms with Crippen molar-refractivity contribution in [1.29, 1.82) is 0 Å². The maximum atomic E-state index is 12.6. The third kappa shape index (κ3) is 2.60. The molecule has 0 saturated carbocycles. The molecule has 0 bridgehead atoms. The summed E-state index contributed by atoms with van der Waals surface area (Å²) < 4.78 is 5.26. The van der Waals surface area contributed by atoms with Crippen LogP contribution in [0.25, 0.3) is 0 Å². The van der Waals surface area contributed by atoms with Crippen molar-refractivity contribution in [3.05, 3.63) is 65.2 Å². The molecule has 0 unspecified atom stereocenters. The van der Waals surface area contributed by atoms with Gasteiger partial charge in [-0.2, -0.15) is 0 Å². The molecule has 0 aromatic heterocycles. The number of fused-ring (bicyclic) bond motifs is 1. The molecule has 2 aliphatic rings. The number of hydrogen-bond acceptors (Lipinski definition) is 4. The first-order valence-electron chi connectivity index (χ1n) is 8.12. The second-order valence-corrected chi connectivity index (χ2v) is 5.95. The SMILES string of the molecule is O=C(c1cccc(N2C(=O)c3ccccc3C2=O)c1)N1CCOCC1. The van der Waals surface area contributed by atoms with Gasteiger partial charge in [0.15, 0.2) is 0 Å². The van der Waals surface area contributed by atoms with Crippen LogP contribution in [-0.4, -0.2) is 48.9 Å². The van der Waals surface area contributed by atoms with Gasteiger partial charge in [0, 0.05) is 18.7 Å². The van der Waals surface area contributed by atoms with E-state index in [2.05, 4.69) is 0 Å². The lowest BCUT2D eigenvalue weighted by atomic mass is 10.1. The predicted octanol–water partition coefficient (Wildman–Crippen LogP) is 1.96. The summed E-state index contributed by atoms with van der Waals surface area (Å²) in [5.41, 5.74) is 1.64. The molecule has 0 atom stereocenters. The van der Waals surface area contributed by atoms with Crippen LogP contribution in [0.4, 0.5) is 5.69 Å². The van der Waals surface area contributed by atoms with Crippen LogP contribution in [0.15, 0.2) is 48.5 Å². The van der Waals surface area contributed by atoms with E-state index in [1.54, 1.807) is 53.4 Å². The second-order valence-electron chi connectivity index (χ2n) is 5.95. The van der Waals surface area contributed by atoms with Crippen molar-refractivity contribution in [3.63, 3.8) is 0 Å². The van der Waals surface area contributed by atoms with Crippen molar-refractivity contribution in [3.8, 4) is 0 Å². The quantitative estimate of drug-likeness (QED) is 0.786. The van der Waals surface area contributed by atoms with E-state index >= 15 is 0 Å². The number of hydrogen-bond donors (Lipinski definition) is 0. The van der Waals surface area contributed by atoms with Crippen molar-refractivity contribution < 1.29 is 19.1 Å². The van der Waals surface area contributed by atoms with E-state index < -0.39 is 0 Å². The molecule has 0 radical (unpaired) electrons. The van der Waals surface area contributed by atoms with Crippen molar-refractivity contribution in [2.24, 2.45) is 0 Å². The van der Waals surface area contributed by atoms with Gasteiger partial charge < -0.3 is 9.64 Å². The highest BCUT2D eigenvalue weighted by Crippen LogP contribution is 2.29. The molecule has 2 aliphatic heterocycles. The minimum absolute atomic E-state index is 0.123. The van der Waals surface area contributed by atoms with Gasteiger partial charge in [0.1, 0.15) is 0 Å². The lowest BCUT2D eigenvalue weighted by molar-refractivity contribution is 0.0303. The Labute approximate surface area is 144 Å². The average Bonchev–Trinajstić information content (AvgIpc) is 2.93. The van der Waals surface area contributed by atoms with Crippen LogP contribution < -0.4 is 4.90 Å². The van der Waals surface area contributed by atoms with Crippen LogP contribution in [0.3, 0.4) is 0 Å². The minimum Gasteiger partial charge on any atom is -0.378 e. The first-order chi connectivity index (χ1) is 12.2. The van der Waals surface area contributed by atoms with E-state index in [9.17, 15) is 14.4 Å². The third-order valence-electron chi connectivity index (χ3n) is 4.44. The van der Waals surface area contributed by atoms with Crippen molar-refractivity contribution in [2.45, 2.75) is 0 Å². The number of amides is 3. The Kier molecular flexibility index (Phi) is 3.82. The van der Waals surface area contributed by atoms with E-state index in [1.807, 2.05) is 0 Å². The molecule has 2 heterocycles. The molecule has 0 aliphatic carbocycles. The summed E-state index contributed by atoms with van der Waals surface area (Å²) in [5.74, 6) is -0.852. The smallest absolute Gasteiger partial charge is 0.266 e. The van der Waals surface area contributed by atoms with Crippen LogP contribution in [0.1, 0.15) is 31.1 Å². The first kappa shape index (κ1) is 15.5. The van der Waals surface area contributed by atoms with Gasteiger partial charge in [0.05, 0.1) is 30.0 Å². The largest absolute Gasteiger partial charge is 0.378 e. The minimum atomic E-state index is -0.364. The van der Waals surface area contributed by atoms with Crippen LogP contribution in [0.2, 0.25) is 0 Å². The first-order valence-corrected chi connectivity index (χ1v) is 8.12. The van der Waals surface area contributed by atoms with Gasteiger partial charge in [0.2, 0.25) is 0 Å². The van der Waals surface area contributed by atoms with Gasteiger partial charge in [-0.3, -0.25) is 14.4 Å². The van der Waals surface area contributed by atoms with Gasteiger partial charge >= 0.3 is 0 Å². The zero-order chi connectivity index (χ0) is 17.4. The molecule has 0 N–H and O–H groups in total. The Hall–Kier alpha value is -2.99. The van der Waals surface area contributed by atoms with Crippen LogP contribution in [0, 0.1) is 0 Å². The van der Waals surface area contributed by atoms with Crippen LogP contribution >= 0.6 is 0 Å². The molecule has 6 nitrogen and oxygen atoms in total.